The van der Waals surface area contributed by atoms with E-state index in [0.717, 1.165) is 5.56 Å². The third kappa shape index (κ3) is 5.82. The van der Waals surface area contributed by atoms with Crippen LogP contribution in [0.25, 0.3) is 0 Å². The monoisotopic (exact) mass is 450 g/mol. The van der Waals surface area contributed by atoms with E-state index in [2.05, 4.69) is 13.8 Å². The van der Waals surface area contributed by atoms with Crippen molar-refractivity contribution >= 4 is 7.82 Å². The van der Waals surface area contributed by atoms with Crippen LogP contribution in [0.4, 0.5) is 0 Å². The molecule has 4 rings (SSSR count). The average Bonchev–Trinajstić information content (AvgIpc) is 2.77. The minimum Gasteiger partial charge on any atom is -0.391 e. The van der Waals surface area contributed by atoms with Crippen LogP contribution in [0.2, 0.25) is 0 Å². The van der Waals surface area contributed by atoms with Crippen LogP contribution >= 0.6 is 7.82 Å². The van der Waals surface area contributed by atoms with Gasteiger partial charge >= 0.3 is 7.82 Å². The smallest absolute Gasteiger partial charge is 0.391 e. The molecule has 0 saturated carbocycles. The molecule has 0 spiro atoms. The summed E-state index contributed by atoms with van der Waals surface area (Å²) in [6, 6.07) is 27.8. The summed E-state index contributed by atoms with van der Waals surface area (Å²) in [5.74, 6) is 1.52. The Morgan fingerprint density at radius 1 is 0.781 bits per heavy atom. The van der Waals surface area contributed by atoms with Crippen LogP contribution in [0, 0.1) is 5.92 Å². The first-order chi connectivity index (χ1) is 15.4. The molecule has 1 aliphatic rings. The van der Waals surface area contributed by atoms with E-state index in [4.69, 9.17) is 18.3 Å². The van der Waals surface area contributed by atoms with Crippen LogP contribution in [-0.2, 0) is 20.4 Å². The molecule has 0 heterocycles. The van der Waals surface area contributed by atoms with Crippen molar-refractivity contribution in [3.05, 3.63) is 108 Å². The molecule has 3 aromatic carbocycles. The Balaban J connectivity index is 1.43. The van der Waals surface area contributed by atoms with Crippen LogP contribution in [0.5, 0.6) is 11.5 Å². The topological polar surface area (TPSA) is 54.0 Å². The summed E-state index contributed by atoms with van der Waals surface area (Å²) in [7, 11) is -3.94. The van der Waals surface area contributed by atoms with Gasteiger partial charge in [0.15, 0.2) is 0 Å². The lowest BCUT2D eigenvalue weighted by Gasteiger charge is -2.38. The summed E-state index contributed by atoms with van der Waals surface area (Å²) in [6.45, 7) is 4.63. The van der Waals surface area contributed by atoms with E-state index in [9.17, 15) is 4.57 Å². The van der Waals surface area contributed by atoms with Crippen molar-refractivity contribution in [2.45, 2.75) is 32.5 Å². The van der Waals surface area contributed by atoms with Gasteiger partial charge in [-0.05, 0) is 49.8 Å². The summed E-state index contributed by atoms with van der Waals surface area (Å²) in [5.41, 5.74) is 0.727. The van der Waals surface area contributed by atoms with Crippen molar-refractivity contribution in [3.63, 3.8) is 0 Å². The standard InChI is InChI=1S/C26H27O5P/c1-26(2,28-20-21-12-6-3-7-13-21)22-18-25(19-22)31-32(27,29-23-14-8-4-9-15-23)30-24-16-10-5-11-17-24/h3-18,22H,19-20H2,1-2H3/t22-/m0/s1. The first-order valence-corrected chi connectivity index (χ1v) is 12.1. The van der Waals surface area contributed by atoms with Gasteiger partial charge < -0.3 is 18.3 Å². The third-order valence-corrected chi connectivity index (χ3v) is 6.63. The molecular weight excluding hydrogens is 423 g/mol. The second-order valence-corrected chi connectivity index (χ2v) is 9.61. The van der Waals surface area contributed by atoms with E-state index in [1.165, 1.54) is 0 Å². The molecule has 1 aliphatic carbocycles. The highest BCUT2D eigenvalue weighted by Crippen LogP contribution is 2.54. The number of phosphoric ester groups is 1. The second-order valence-electron chi connectivity index (χ2n) is 8.17. The van der Waals surface area contributed by atoms with Gasteiger partial charge in [0, 0.05) is 12.3 Å². The Kier molecular flexibility index (Phi) is 6.69. The fourth-order valence-corrected chi connectivity index (χ4v) is 4.59. The highest BCUT2D eigenvalue weighted by atomic mass is 31.2. The summed E-state index contributed by atoms with van der Waals surface area (Å²) < 4.78 is 36.8. The normalized spacial score (nSPS) is 15.9. The number of allylic oxidation sites excluding steroid dienone is 1. The number of hydrogen-bond acceptors (Lipinski definition) is 5. The van der Waals surface area contributed by atoms with E-state index in [1.807, 2.05) is 48.5 Å². The van der Waals surface area contributed by atoms with Crippen LogP contribution in [0.3, 0.4) is 0 Å². The molecule has 0 radical (unpaired) electrons. The Morgan fingerprint density at radius 2 is 1.25 bits per heavy atom. The molecule has 0 aliphatic heterocycles. The Labute approximate surface area is 189 Å². The molecule has 32 heavy (non-hydrogen) atoms. The number of para-hydroxylation sites is 2. The predicted octanol–water partition coefficient (Wildman–Crippen LogP) is 7.17. The maximum absolute atomic E-state index is 13.5. The fraction of sp³-hybridized carbons (Fsp3) is 0.231. The van der Waals surface area contributed by atoms with Crippen molar-refractivity contribution in [2.24, 2.45) is 5.92 Å². The Hall–Kier alpha value is -3.01. The van der Waals surface area contributed by atoms with Crippen molar-refractivity contribution in [3.8, 4) is 11.5 Å². The van der Waals surface area contributed by atoms with E-state index in [1.54, 1.807) is 48.5 Å². The van der Waals surface area contributed by atoms with E-state index in [-0.39, 0.29) is 5.92 Å². The number of ether oxygens (including phenoxy) is 1. The molecule has 0 aromatic heterocycles. The van der Waals surface area contributed by atoms with Gasteiger partial charge in [-0.15, -0.1) is 0 Å². The number of hydrogen-bond donors (Lipinski definition) is 0. The van der Waals surface area contributed by atoms with Gasteiger partial charge in [0.2, 0.25) is 0 Å². The number of phosphoric acid groups is 1. The largest absolute Gasteiger partial charge is 0.646 e. The summed E-state index contributed by atoms with van der Waals surface area (Å²) in [4.78, 5) is 0. The van der Waals surface area contributed by atoms with Crippen molar-refractivity contribution in [2.75, 3.05) is 0 Å². The minimum atomic E-state index is -3.94. The zero-order valence-corrected chi connectivity index (χ0v) is 19.1. The Bertz CT molecular complexity index is 1040. The quantitative estimate of drug-likeness (QED) is 0.307. The van der Waals surface area contributed by atoms with Gasteiger partial charge in [-0.25, -0.2) is 0 Å². The minimum absolute atomic E-state index is 0.128. The summed E-state index contributed by atoms with van der Waals surface area (Å²) >= 11 is 0. The molecule has 0 saturated heterocycles. The number of benzene rings is 3. The molecule has 0 unspecified atom stereocenters. The van der Waals surface area contributed by atoms with Crippen LogP contribution in [0.1, 0.15) is 25.8 Å². The predicted molar refractivity (Wildman–Crippen MR) is 124 cm³/mol. The van der Waals surface area contributed by atoms with Crippen molar-refractivity contribution in [1.82, 2.24) is 0 Å². The molecule has 3 aromatic rings. The zero-order valence-electron chi connectivity index (χ0n) is 18.2. The van der Waals surface area contributed by atoms with Gasteiger partial charge in [-0.1, -0.05) is 66.7 Å². The van der Waals surface area contributed by atoms with Gasteiger partial charge in [0.1, 0.15) is 17.3 Å². The maximum atomic E-state index is 13.5. The molecular formula is C26H27O5P. The highest BCUT2D eigenvalue weighted by Gasteiger charge is 2.41. The molecule has 5 nitrogen and oxygen atoms in total. The average molecular weight is 450 g/mol. The van der Waals surface area contributed by atoms with Crippen molar-refractivity contribution in [1.29, 1.82) is 0 Å². The summed E-state index contributed by atoms with van der Waals surface area (Å²) in [5, 5.41) is 0. The van der Waals surface area contributed by atoms with Gasteiger partial charge in [-0.3, -0.25) is 0 Å². The highest BCUT2D eigenvalue weighted by molar-refractivity contribution is 7.49. The van der Waals surface area contributed by atoms with Crippen LogP contribution in [-0.4, -0.2) is 5.60 Å². The third-order valence-electron chi connectivity index (χ3n) is 5.30. The number of rotatable bonds is 10. The molecule has 6 heteroatoms. The first kappa shape index (κ1) is 22.2. The molecule has 0 bridgehead atoms. The second kappa shape index (κ2) is 9.64. The van der Waals surface area contributed by atoms with Gasteiger partial charge in [-0.2, -0.15) is 4.57 Å². The first-order valence-electron chi connectivity index (χ1n) is 10.6. The lowest BCUT2D eigenvalue weighted by molar-refractivity contribution is -0.0664. The lowest BCUT2D eigenvalue weighted by atomic mass is 9.80. The van der Waals surface area contributed by atoms with Gasteiger partial charge in [0.25, 0.3) is 0 Å². The fourth-order valence-electron chi connectivity index (χ4n) is 3.29. The van der Waals surface area contributed by atoms with E-state index < -0.39 is 13.4 Å². The molecule has 1 atom stereocenters. The molecule has 166 valence electrons. The van der Waals surface area contributed by atoms with Gasteiger partial charge in [0.05, 0.1) is 12.2 Å². The summed E-state index contributed by atoms with van der Waals surface area (Å²) in [6.07, 6.45) is 2.52. The van der Waals surface area contributed by atoms with E-state index >= 15 is 0 Å². The van der Waals surface area contributed by atoms with Crippen LogP contribution in [0.15, 0.2) is 103 Å². The maximum Gasteiger partial charge on any atom is 0.646 e. The SMILES string of the molecule is CC(C)(OCc1ccccc1)[C@H]1C=C(OP(=O)(Oc2ccccc2)Oc2ccccc2)C1. The Morgan fingerprint density at radius 3 is 1.75 bits per heavy atom. The molecule has 0 amide bonds. The molecule has 0 N–H and O–H groups in total. The molecule has 0 fully saturated rings. The van der Waals surface area contributed by atoms with Crippen LogP contribution < -0.4 is 9.05 Å². The zero-order chi connectivity index (χ0) is 22.4. The lowest BCUT2D eigenvalue weighted by Crippen LogP contribution is -2.37. The van der Waals surface area contributed by atoms with E-state index in [0.29, 0.717) is 30.3 Å². The van der Waals surface area contributed by atoms with Crippen molar-refractivity contribution < 1.29 is 22.9 Å².